The van der Waals surface area contributed by atoms with Gasteiger partial charge in [0.25, 0.3) is 5.91 Å². The number of aromatic nitrogens is 6. The molecule has 0 aliphatic rings. The number of nitrogens with zero attached hydrogens (tertiary/aromatic N) is 5. The topological polar surface area (TPSA) is 154 Å². The molecule has 0 fully saturated rings. The van der Waals surface area contributed by atoms with E-state index in [9.17, 15) is 9.59 Å². The van der Waals surface area contributed by atoms with E-state index in [1.54, 1.807) is 6.33 Å². The largest absolute Gasteiger partial charge is 0.466 e. The Bertz CT molecular complexity index is 1200. The van der Waals surface area contributed by atoms with Gasteiger partial charge in [0.05, 0.1) is 24.9 Å². The van der Waals surface area contributed by atoms with E-state index < -0.39 is 0 Å². The van der Waals surface area contributed by atoms with Gasteiger partial charge in [-0.3, -0.25) is 14.7 Å². The average molecular weight is 408 g/mol. The average Bonchev–Trinajstić information content (AvgIpc) is 3.36. The van der Waals surface area contributed by atoms with Crippen molar-refractivity contribution in [1.29, 1.82) is 0 Å². The molecule has 154 valence electrons. The number of esters is 1. The van der Waals surface area contributed by atoms with Crippen LogP contribution < -0.4 is 11.1 Å². The van der Waals surface area contributed by atoms with Crippen LogP contribution in [0.5, 0.6) is 0 Å². The number of amides is 1. The number of fused-ring (bicyclic) bond motifs is 2. The van der Waals surface area contributed by atoms with Crippen LogP contribution in [0.1, 0.15) is 23.3 Å². The summed E-state index contributed by atoms with van der Waals surface area (Å²) >= 11 is 0. The third kappa shape index (κ3) is 4.04. The van der Waals surface area contributed by atoms with Gasteiger partial charge in [-0.2, -0.15) is 5.10 Å². The lowest BCUT2D eigenvalue weighted by Gasteiger charge is -2.07. The Hall–Kier alpha value is -4.02. The molecular formula is C19H20N8O3. The standard InChI is InChI=1S/C19H20N8O3/c20-17-16-18(23-10-22-17)27(11-24-16)8-3-9-30-14(28)6-7-21-19(29)15-12-4-1-2-5-13(12)25-26-15/h1-2,4-5,10-11H,3,6-9H2,(H,21,29)(H,25,26)(H2,20,22,23). The number of anilines is 1. The van der Waals surface area contributed by atoms with Gasteiger partial charge in [0.1, 0.15) is 11.8 Å². The first-order valence-corrected chi connectivity index (χ1v) is 9.41. The van der Waals surface area contributed by atoms with Gasteiger partial charge in [-0.05, 0) is 12.5 Å². The minimum Gasteiger partial charge on any atom is -0.466 e. The summed E-state index contributed by atoms with van der Waals surface area (Å²) in [6, 6.07) is 7.34. The highest BCUT2D eigenvalue weighted by atomic mass is 16.5. The number of benzene rings is 1. The minimum absolute atomic E-state index is 0.0753. The molecule has 4 rings (SSSR count). The molecule has 0 atom stereocenters. The predicted octanol–water partition coefficient (Wildman–Crippen LogP) is 1.04. The maximum atomic E-state index is 12.3. The number of nitrogens with one attached hydrogen (secondary N) is 2. The van der Waals surface area contributed by atoms with Crippen molar-refractivity contribution in [3.05, 3.63) is 42.6 Å². The number of hydrogen-bond donors (Lipinski definition) is 3. The molecule has 0 unspecified atom stereocenters. The van der Waals surface area contributed by atoms with Crippen molar-refractivity contribution in [2.45, 2.75) is 19.4 Å². The van der Waals surface area contributed by atoms with Crippen LogP contribution >= 0.6 is 0 Å². The number of aromatic amines is 1. The van der Waals surface area contributed by atoms with Crippen molar-refractivity contribution >= 4 is 39.8 Å². The Morgan fingerprint density at radius 3 is 2.97 bits per heavy atom. The number of rotatable bonds is 8. The number of aryl methyl sites for hydroxylation is 1. The molecule has 11 heteroatoms. The summed E-state index contributed by atoms with van der Waals surface area (Å²) in [7, 11) is 0. The molecule has 0 spiro atoms. The van der Waals surface area contributed by atoms with E-state index in [4.69, 9.17) is 10.5 Å². The van der Waals surface area contributed by atoms with Crippen molar-refractivity contribution in [2.75, 3.05) is 18.9 Å². The second-order valence-electron chi connectivity index (χ2n) is 6.57. The van der Waals surface area contributed by atoms with Crippen LogP contribution in [0, 0.1) is 0 Å². The third-order valence-electron chi connectivity index (χ3n) is 4.54. The maximum Gasteiger partial charge on any atom is 0.307 e. The lowest BCUT2D eigenvalue weighted by Crippen LogP contribution is -2.27. The third-order valence-corrected chi connectivity index (χ3v) is 4.54. The van der Waals surface area contributed by atoms with Crippen molar-refractivity contribution in [3.63, 3.8) is 0 Å². The normalized spacial score (nSPS) is 11.1. The summed E-state index contributed by atoms with van der Waals surface area (Å²) in [6.07, 6.45) is 3.68. The van der Waals surface area contributed by atoms with Crippen LogP contribution in [0.2, 0.25) is 0 Å². The molecule has 4 N–H and O–H groups in total. The van der Waals surface area contributed by atoms with Crippen molar-refractivity contribution in [1.82, 2.24) is 35.0 Å². The zero-order valence-electron chi connectivity index (χ0n) is 16.0. The Morgan fingerprint density at radius 1 is 1.20 bits per heavy atom. The van der Waals surface area contributed by atoms with E-state index in [1.165, 1.54) is 6.33 Å². The summed E-state index contributed by atoms with van der Waals surface area (Å²) in [5, 5.41) is 10.3. The van der Waals surface area contributed by atoms with Gasteiger partial charge in [-0.1, -0.05) is 18.2 Å². The van der Waals surface area contributed by atoms with E-state index >= 15 is 0 Å². The minimum atomic E-state index is -0.385. The van der Waals surface area contributed by atoms with Crippen molar-refractivity contribution < 1.29 is 14.3 Å². The Morgan fingerprint density at radius 2 is 2.07 bits per heavy atom. The first-order chi connectivity index (χ1) is 14.6. The predicted molar refractivity (Wildman–Crippen MR) is 108 cm³/mol. The van der Waals surface area contributed by atoms with Crippen LogP contribution in [-0.4, -0.2) is 54.7 Å². The quantitative estimate of drug-likeness (QED) is 0.289. The van der Waals surface area contributed by atoms with Crippen LogP contribution in [0.3, 0.4) is 0 Å². The lowest BCUT2D eigenvalue weighted by molar-refractivity contribution is -0.143. The fraction of sp³-hybridized carbons (Fsp3) is 0.263. The molecule has 0 saturated carbocycles. The number of hydrogen-bond acceptors (Lipinski definition) is 8. The number of carbonyl (C=O) groups excluding carboxylic acids is 2. The van der Waals surface area contributed by atoms with Gasteiger partial charge >= 0.3 is 5.97 Å². The highest BCUT2D eigenvalue weighted by molar-refractivity contribution is 6.04. The van der Waals surface area contributed by atoms with Crippen molar-refractivity contribution in [2.24, 2.45) is 0 Å². The fourth-order valence-corrected chi connectivity index (χ4v) is 3.05. The number of ether oxygens (including phenoxy) is 1. The molecule has 0 radical (unpaired) electrons. The molecule has 0 saturated heterocycles. The smallest absolute Gasteiger partial charge is 0.307 e. The number of carbonyl (C=O) groups is 2. The molecule has 30 heavy (non-hydrogen) atoms. The lowest BCUT2D eigenvalue weighted by atomic mass is 10.2. The molecule has 0 aliphatic carbocycles. The van der Waals surface area contributed by atoms with Gasteiger partial charge in [0.15, 0.2) is 17.2 Å². The number of nitrogens with two attached hydrogens (primary N) is 1. The van der Waals surface area contributed by atoms with Crippen molar-refractivity contribution in [3.8, 4) is 0 Å². The van der Waals surface area contributed by atoms with E-state index in [2.05, 4.69) is 30.5 Å². The van der Waals surface area contributed by atoms with Crippen LogP contribution in [0.15, 0.2) is 36.9 Å². The van der Waals surface area contributed by atoms with Crippen LogP contribution in [-0.2, 0) is 16.1 Å². The summed E-state index contributed by atoms with van der Waals surface area (Å²) < 4.78 is 7.04. The molecule has 1 amide bonds. The van der Waals surface area contributed by atoms with Gasteiger partial charge in [0, 0.05) is 18.5 Å². The molecule has 3 heterocycles. The van der Waals surface area contributed by atoms with Crippen LogP contribution in [0.4, 0.5) is 5.82 Å². The fourth-order valence-electron chi connectivity index (χ4n) is 3.05. The summed E-state index contributed by atoms with van der Waals surface area (Å²) in [6.45, 7) is 0.988. The Balaban J connectivity index is 1.18. The van der Waals surface area contributed by atoms with E-state index in [1.807, 2.05) is 28.8 Å². The monoisotopic (exact) mass is 408 g/mol. The zero-order chi connectivity index (χ0) is 20.9. The molecule has 0 aliphatic heterocycles. The Labute approximate surface area is 170 Å². The van der Waals surface area contributed by atoms with Gasteiger partial charge in [-0.25, -0.2) is 15.0 Å². The molecule has 4 aromatic rings. The van der Waals surface area contributed by atoms with Gasteiger partial charge in [0.2, 0.25) is 0 Å². The first-order valence-electron chi connectivity index (χ1n) is 9.41. The number of para-hydroxylation sites is 1. The molecule has 3 aromatic heterocycles. The van der Waals surface area contributed by atoms with Gasteiger partial charge < -0.3 is 20.4 Å². The SMILES string of the molecule is Nc1ncnc2c1ncn2CCCOC(=O)CCNC(=O)c1n[nH]c2ccccc12. The zero-order valence-corrected chi connectivity index (χ0v) is 16.0. The van der Waals surface area contributed by atoms with Crippen LogP contribution in [0.25, 0.3) is 22.1 Å². The Kier molecular flexibility index (Phi) is 5.50. The molecule has 11 nitrogen and oxygen atoms in total. The van der Waals surface area contributed by atoms with Gasteiger partial charge in [-0.15, -0.1) is 0 Å². The molecular weight excluding hydrogens is 388 g/mol. The first kappa shape index (κ1) is 19.3. The number of imidazole rings is 1. The van der Waals surface area contributed by atoms with E-state index in [0.717, 1.165) is 10.9 Å². The number of nitrogen functional groups attached to an aromatic ring is 1. The number of H-pyrrole nitrogens is 1. The molecule has 0 bridgehead atoms. The highest BCUT2D eigenvalue weighted by Gasteiger charge is 2.14. The summed E-state index contributed by atoms with van der Waals surface area (Å²) in [4.78, 5) is 36.4. The highest BCUT2D eigenvalue weighted by Crippen LogP contribution is 2.15. The van der Waals surface area contributed by atoms with E-state index in [-0.39, 0.29) is 31.4 Å². The second kappa shape index (κ2) is 8.55. The summed E-state index contributed by atoms with van der Waals surface area (Å²) in [5.41, 5.74) is 8.03. The molecule has 1 aromatic carbocycles. The maximum absolute atomic E-state index is 12.3. The second-order valence-corrected chi connectivity index (χ2v) is 6.57. The van der Waals surface area contributed by atoms with E-state index in [0.29, 0.717) is 35.6 Å². The summed E-state index contributed by atoms with van der Waals surface area (Å²) in [5.74, 6) is -0.396.